The molecule has 3 rings (SSSR count). The summed E-state index contributed by atoms with van der Waals surface area (Å²) in [6.07, 6.45) is 0. The molecule has 0 radical (unpaired) electrons. The van der Waals surface area contributed by atoms with Crippen LogP contribution in [0.1, 0.15) is 23.6 Å². The first kappa shape index (κ1) is 19.9. The third-order valence-corrected chi connectivity index (χ3v) is 5.88. The van der Waals surface area contributed by atoms with Crippen LogP contribution in [0.3, 0.4) is 0 Å². The van der Waals surface area contributed by atoms with Crippen molar-refractivity contribution in [3.05, 3.63) is 65.2 Å². The molecule has 4 nitrogen and oxygen atoms in total. The van der Waals surface area contributed by atoms with E-state index in [1.54, 1.807) is 11.8 Å². The van der Waals surface area contributed by atoms with Gasteiger partial charge in [0.2, 0.25) is 5.91 Å². The molecule has 1 amide bonds. The van der Waals surface area contributed by atoms with E-state index in [4.69, 9.17) is 4.74 Å². The zero-order chi connectivity index (χ0) is 19.1. The van der Waals surface area contributed by atoms with Crippen LogP contribution in [0.15, 0.2) is 53.4 Å². The van der Waals surface area contributed by atoms with Gasteiger partial charge in [0.25, 0.3) is 0 Å². The van der Waals surface area contributed by atoms with Crippen LogP contribution in [0.25, 0.3) is 0 Å². The molecule has 0 saturated carbocycles. The van der Waals surface area contributed by atoms with Crippen molar-refractivity contribution < 1.29 is 9.53 Å². The molecule has 0 bridgehead atoms. The van der Waals surface area contributed by atoms with E-state index in [1.807, 2.05) is 13.0 Å². The Morgan fingerprint density at radius 1 is 1.11 bits per heavy atom. The Labute approximate surface area is 166 Å². The van der Waals surface area contributed by atoms with Gasteiger partial charge in [-0.1, -0.05) is 42.0 Å². The number of thioether (sulfide) groups is 1. The Morgan fingerprint density at radius 2 is 1.78 bits per heavy atom. The van der Waals surface area contributed by atoms with Gasteiger partial charge in [0.1, 0.15) is 0 Å². The lowest BCUT2D eigenvalue weighted by Gasteiger charge is -2.27. The lowest BCUT2D eigenvalue weighted by Crippen LogP contribution is -2.36. The van der Waals surface area contributed by atoms with Gasteiger partial charge in [-0.2, -0.15) is 0 Å². The van der Waals surface area contributed by atoms with E-state index in [-0.39, 0.29) is 11.2 Å². The molecule has 0 spiro atoms. The number of carbonyl (C=O) groups is 1. The zero-order valence-electron chi connectivity index (χ0n) is 16.1. The number of nitrogens with one attached hydrogen (secondary N) is 1. The number of aryl methyl sites for hydroxylation is 1. The van der Waals surface area contributed by atoms with Gasteiger partial charge in [-0.15, -0.1) is 11.8 Å². The Kier molecular flexibility index (Phi) is 7.33. The van der Waals surface area contributed by atoms with Crippen LogP contribution < -0.4 is 5.32 Å². The molecule has 1 atom stereocenters. The topological polar surface area (TPSA) is 41.6 Å². The maximum absolute atomic E-state index is 12.5. The largest absolute Gasteiger partial charge is 0.379 e. The number of hydrogen-bond donors (Lipinski definition) is 1. The molecule has 1 fully saturated rings. The number of amides is 1. The second-order valence-electron chi connectivity index (χ2n) is 6.95. The molecule has 27 heavy (non-hydrogen) atoms. The van der Waals surface area contributed by atoms with Gasteiger partial charge < -0.3 is 10.1 Å². The summed E-state index contributed by atoms with van der Waals surface area (Å²) < 4.78 is 5.43. The van der Waals surface area contributed by atoms with Crippen LogP contribution in [0, 0.1) is 6.92 Å². The monoisotopic (exact) mass is 384 g/mol. The number of nitrogens with zero attached hydrogens (tertiary/aromatic N) is 1. The normalized spacial score (nSPS) is 16.1. The van der Waals surface area contributed by atoms with Crippen molar-refractivity contribution in [1.82, 2.24) is 10.2 Å². The second-order valence-corrected chi connectivity index (χ2v) is 8.36. The van der Waals surface area contributed by atoms with E-state index in [1.165, 1.54) is 16.7 Å². The summed E-state index contributed by atoms with van der Waals surface area (Å²) in [5.41, 5.74) is 3.69. The highest BCUT2D eigenvalue weighted by atomic mass is 32.2. The van der Waals surface area contributed by atoms with Gasteiger partial charge in [-0.3, -0.25) is 9.69 Å². The Morgan fingerprint density at radius 3 is 2.48 bits per heavy atom. The van der Waals surface area contributed by atoms with E-state index in [9.17, 15) is 4.79 Å². The first-order valence-electron chi connectivity index (χ1n) is 9.50. The van der Waals surface area contributed by atoms with Crippen LogP contribution in [0.2, 0.25) is 0 Å². The molecule has 144 valence electrons. The van der Waals surface area contributed by atoms with Crippen molar-refractivity contribution in [3.63, 3.8) is 0 Å². The van der Waals surface area contributed by atoms with Gasteiger partial charge in [-0.05, 0) is 37.1 Å². The fourth-order valence-electron chi connectivity index (χ4n) is 3.08. The highest BCUT2D eigenvalue weighted by Gasteiger charge is 2.16. The minimum absolute atomic E-state index is 0.0711. The molecular formula is C22H28N2O2S. The molecule has 5 heteroatoms. The third-order valence-electron chi connectivity index (χ3n) is 4.77. The molecule has 1 aliphatic heterocycles. The molecule has 2 aromatic carbocycles. The number of hydrogen-bond acceptors (Lipinski definition) is 4. The summed E-state index contributed by atoms with van der Waals surface area (Å²) in [5, 5.41) is 2.98. The van der Waals surface area contributed by atoms with E-state index in [0.717, 1.165) is 37.7 Å². The van der Waals surface area contributed by atoms with Crippen molar-refractivity contribution in [2.75, 3.05) is 26.3 Å². The van der Waals surface area contributed by atoms with Crippen molar-refractivity contribution in [1.29, 1.82) is 0 Å². The summed E-state index contributed by atoms with van der Waals surface area (Å²) in [6, 6.07) is 16.7. The van der Waals surface area contributed by atoms with Gasteiger partial charge in [0, 0.05) is 31.1 Å². The van der Waals surface area contributed by atoms with E-state index in [0.29, 0.717) is 6.54 Å². The number of benzene rings is 2. The number of rotatable bonds is 7. The van der Waals surface area contributed by atoms with E-state index in [2.05, 4.69) is 59.6 Å². The molecular weight excluding hydrogens is 356 g/mol. The van der Waals surface area contributed by atoms with Crippen molar-refractivity contribution in [2.24, 2.45) is 0 Å². The number of ether oxygens (including phenoxy) is 1. The average Bonchev–Trinajstić information content (AvgIpc) is 2.69. The maximum atomic E-state index is 12.5. The van der Waals surface area contributed by atoms with Gasteiger partial charge in [0.05, 0.1) is 18.5 Å². The highest BCUT2D eigenvalue weighted by Crippen LogP contribution is 2.23. The highest BCUT2D eigenvalue weighted by molar-refractivity contribution is 8.00. The van der Waals surface area contributed by atoms with Crippen molar-refractivity contribution >= 4 is 17.7 Å². The summed E-state index contributed by atoms with van der Waals surface area (Å²) in [6.45, 7) is 9.02. The van der Waals surface area contributed by atoms with Crippen LogP contribution >= 0.6 is 11.8 Å². The predicted molar refractivity (Wildman–Crippen MR) is 111 cm³/mol. The summed E-state index contributed by atoms with van der Waals surface area (Å²) in [4.78, 5) is 16.1. The lowest BCUT2D eigenvalue weighted by molar-refractivity contribution is -0.120. The van der Waals surface area contributed by atoms with Crippen molar-refractivity contribution in [2.45, 2.75) is 37.1 Å². The number of morpholine rings is 1. The molecule has 1 saturated heterocycles. The molecule has 1 aliphatic rings. The van der Waals surface area contributed by atoms with Gasteiger partial charge in [0.15, 0.2) is 0 Å². The van der Waals surface area contributed by atoms with Crippen molar-refractivity contribution in [3.8, 4) is 0 Å². The van der Waals surface area contributed by atoms with Crippen LogP contribution in [-0.2, 0) is 22.6 Å². The Hall–Kier alpha value is -1.82. The fourth-order valence-corrected chi connectivity index (χ4v) is 3.98. The minimum atomic E-state index is -0.126. The van der Waals surface area contributed by atoms with E-state index < -0.39 is 0 Å². The first-order chi connectivity index (χ1) is 13.1. The Balaban J connectivity index is 1.54. The maximum Gasteiger partial charge on any atom is 0.233 e. The lowest BCUT2D eigenvalue weighted by atomic mass is 10.1. The second kappa shape index (κ2) is 9.93. The average molecular weight is 385 g/mol. The SMILES string of the molecule is Cc1ccc(S[C@H](C)C(=O)NCc2ccccc2CN2CCOCC2)cc1. The summed E-state index contributed by atoms with van der Waals surface area (Å²) >= 11 is 1.59. The zero-order valence-corrected chi connectivity index (χ0v) is 16.9. The Bertz CT molecular complexity index is 742. The molecule has 2 aromatic rings. The van der Waals surface area contributed by atoms with E-state index >= 15 is 0 Å². The molecule has 0 aromatic heterocycles. The summed E-state index contributed by atoms with van der Waals surface area (Å²) in [5.74, 6) is 0.0711. The summed E-state index contributed by atoms with van der Waals surface area (Å²) in [7, 11) is 0. The first-order valence-corrected chi connectivity index (χ1v) is 10.4. The fraction of sp³-hybridized carbons (Fsp3) is 0.409. The quantitative estimate of drug-likeness (QED) is 0.741. The predicted octanol–water partition coefficient (Wildman–Crippen LogP) is 3.62. The van der Waals surface area contributed by atoms with Crippen LogP contribution in [0.4, 0.5) is 0 Å². The standard InChI is InChI=1S/C22H28N2O2S/c1-17-7-9-21(10-8-17)27-18(2)22(25)23-15-19-5-3-4-6-20(19)16-24-11-13-26-14-12-24/h3-10,18H,11-16H2,1-2H3,(H,23,25)/t18-/m1/s1. The third kappa shape index (κ3) is 6.09. The smallest absolute Gasteiger partial charge is 0.233 e. The molecule has 0 unspecified atom stereocenters. The van der Waals surface area contributed by atoms with Crippen LogP contribution in [-0.4, -0.2) is 42.4 Å². The minimum Gasteiger partial charge on any atom is -0.379 e. The van der Waals surface area contributed by atoms with Crippen LogP contribution in [0.5, 0.6) is 0 Å². The van der Waals surface area contributed by atoms with Gasteiger partial charge in [-0.25, -0.2) is 0 Å². The van der Waals surface area contributed by atoms with Gasteiger partial charge >= 0.3 is 0 Å². The number of carbonyl (C=O) groups excluding carboxylic acids is 1. The molecule has 0 aliphatic carbocycles. The molecule has 1 heterocycles. The molecule has 1 N–H and O–H groups in total.